The number of ether oxygens (including phenoxy) is 1. The minimum atomic E-state index is -0.493. The van der Waals surface area contributed by atoms with E-state index in [0.717, 1.165) is 16.7 Å². The van der Waals surface area contributed by atoms with Crippen LogP contribution in [0.1, 0.15) is 22.3 Å². The molecule has 0 spiro atoms. The summed E-state index contributed by atoms with van der Waals surface area (Å²) in [6, 6.07) is 10.5. The Labute approximate surface area is 147 Å². The van der Waals surface area contributed by atoms with Crippen LogP contribution in [0.3, 0.4) is 0 Å². The maximum atomic E-state index is 12.5. The number of nitriles is 1. The minimum Gasteiger partial charge on any atom is -0.504 e. The number of nitrogens with one attached hydrogen (secondary N) is 1. The summed E-state index contributed by atoms with van der Waals surface area (Å²) in [4.78, 5) is 12.5. The van der Waals surface area contributed by atoms with Crippen LogP contribution in [-0.2, 0) is 4.79 Å². The van der Waals surface area contributed by atoms with E-state index < -0.39 is 5.91 Å². The van der Waals surface area contributed by atoms with Crippen LogP contribution in [0.5, 0.6) is 11.5 Å². The number of phenolic OH excluding ortho intramolecular Hbond substituents is 1. The molecule has 2 N–H and O–H groups in total. The van der Waals surface area contributed by atoms with Crippen molar-refractivity contribution in [2.75, 3.05) is 12.4 Å². The molecule has 2 rings (SSSR count). The normalized spacial score (nSPS) is 10.9. The lowest BCUT2D eigenvalue weighted by Crippen LogP contribution is -2.15. The van der Waals surface area contributed by atoms with Gasteiger partial charge >= 0.3 is 0 Å². The first-order chi connectivity index (χ1) is 11.8. The molecular formula is C20H20N2O3. The van der Waals surface area contributed by atoms with Gasteiger partial charge in [0, 0.05) is 5.69 Å². The number of hydrogen-bond donors (Lipinski definition) is 2. The molecule has 0 unspecified atom stereocenters. The molecule has 1 amide bonds. The molecular weight excluding hydrogens is 316 g/mol. The monoisotopic (exact) mass is 336 g/mol. The zero-order valence-corrected chi connectivity index (χ0v) is 14.7. The van der Waals surface area contributed by atoms with Crippen molar-refractivity contribution in [1.29, 1.82) is 5.26 Å². The molecule has 0 fully saturated rings. The topological polar surface area (TPSA) is 82.3 Å². The van der Waals surface area contributed by atoms with Crippen molar-refractivity contribution in [3.05, 3.63) is 58.2 Å². The van der Waals surface area contributed by atoms with E-state index in [2.05, 4.69) is 5.32 Å². The van der Waals surface area contributed by atoms with Gasteiger partial charge in [0.15, 0.2) is 11.5 Å². The first-order valence-corrected chi connectivity index (χ1v) is 7.73. The molecule has 25 heavy (non-hydrogen) atoms. The highest BCUT2D eigenvalue weighted by Crippen LogP contribution is 2.27. The van der Waals surface area contributed by atoms with Gasteiger partial charge in [0.1, 0.15) is 11.6 Å². The maximum absolute atomic E-state index is 12.5. The highest BCUT2D eigenvalue weighted by Gasteiger charge is 2.13. The van der Waals surface area contributed by atoms with Gasteiger partial charge in [0.2, 0.25) is 0 Å². The van der Waals surface area contributed by atoms with Crippen molar-refractivity contribution in [2.45, 2.75) is 20.8 Å². The molecule has 0 atom stereocenters. The predicted molar refractivity (Wildman–Crippen MR) is 97.5 cm³/mol. The Kier molecular flexibility index (Phi) is 5.45. The lowest BCUT2D eigenvalue weighted by atomic mass is 10.0. The smallest absolute Gasteiger partial charge is 0.266 e. The third kappa shape index (κ3) is 4.18. The molecule has 0 radical (unpaired) electrons. The first kappa shape index (κ1) is 18.1. The Morgan fingerprint density at radius 2 is 1.84 bits per heavy atom. The van der Waals surface area contributed by atoms with Crippen LogP contribution in [0.2, 0.25) is 0 Å². The number of amides is 1. The number of benzene rings is 2. The van der Waals surface area contributed by atoms with Crippen molar-refractivity contribution < 1.29 is 14.6 Å². The number of rotatable bonds is 4. The fraction of sp³-hybridized carbons (Fsp3) is 0.200. The van der Waals surface area contributed by atoms with Crippen LogP contribution in [0.15, 0.2) is 35.9 Å². The summed E-state index contributed by atoms with van der Waals surface area (Å²) in [5.41, 5.74) is 4.16. The standard InChI is InChI=1S/C20H20N2O3/c1-12-7-13(2)19(14(3)8-12)22-20(24)16(11-21)9-15-5-6-18(25-4)17(23)10-15/h5-10,23H,1-4H3,(H,22,24)/b16-9+. The number of carbonyl (C=O) groups excluding carboxylic acids is 1. The van der Waals surface area contributed by atoms with E-state index in [1.165, 1.54) is 19.3 Å². The summed E-state index contributed by atoms with van der Waals surface area (Å²) in [6.07, 6.45) is 1.42. The van der Waals surface area contributed by atoms with E-state index in [4.69, 9.17) is 4.74 Å². The summed E-state index contributed by atoms with van der Waals surface area (Å²) >= 11 is 0. The van der Waals surface area contributed by atoms with Crippen molar-refractivity contribution in [3.8, 4) is 17.6 Å². The van der Waals surface area contributed by atoms with Crippen LogP contribution in [0, 0.1) is 32.1 Å². The van der Waals surface area contributed by atoms with Crippen LogP contribution in [0.4, 0.5) is 5.69 Å². The molecule has 2 aromatic carbocycles. The van der Waals surface area contributed by atoms with Gasteiger partial charge in [-0.25, -0.2) is 0 Å². The number of hydrogen-bond acceptors (Lipinski definition) is 4. The van der Waals surface area contributed by atoms with Crippen LogP contribution < -0.4 is 10.1 Å². The summed E-state index contributed by atoms with van der Waals surface area (Å²) in [7, 11) is 1.45. The zero-order valence-electron chi connectivity index (χ0n) is 14.7. The Morgan fingerprint density at radius 3 is 2.36 bits per heavy atom. The number of aryl methyl sites for hydroxylation is 3. The van der Waals surface area contributed by atoms with E-state index in [9.17, 15) is 15.2 Å². The number of carbonyl (C=O) groups is 1. The van der Waals surface area contributed by atoms with Gasteiger partial charge in [0.05, 0.1) is 7.11 Å². The third-order valence-corrected chi connectivity index (χ3v) is 3.79. The number of phenols is 1. The van der Waals surface area contributed by atoms with Gasteiger partial charge in [0.25, 0.3) is 5.91 Å². The largest absolute Gasteiger partial charge is 0.504 e. The van der Waals surface area contributed by atoms with Crippen molar-refractivity contribution in [2.24, 2.45) is 0 Å². The van der Waals surface area contributed by atoms with E-state index in [1.54, 1.807) is 12.1 Å². The van der Waals surface area contributed by atoms with Crippen LogP contribution in [0.25, 0.3) is 6.08 Å². The summed E-state index contributed by atoms with van der Waals surface area (Å²) in [5.74, 6) is -0.224. The Balaban J connectivity index is 2.30. The molecule has 5 heteroatoms. The van der Waals surface area contributed by atoms with Gasteiger partial charge in [-0.2, -0.15) is 5.26 Å². The van der Waals surface area contributed by atoms with Crippen LogP contribution in [-0.4, -0.2) is 18.1 Å². The summed E-state index contributed by atoms with van der Waals surface area (Å²) < 4.78 is 4.98. The molecule has 0 heterocycles. The Hall–Kier alpha value is -3.26. The van der Waals surface area contributed by atoms with Crippen molar-refractivity contribution >= 4 is 17.7 Å². The lowest BCUT2D eigenvalue weighted by molar-refractivity contribution is -0.112. The van der Waals surface area contributed by atoms with E-state index in [0.29, 0.717) is 17.0 Å². The fourth-order valence-electron chi connectivity index (χ4n) is 2.67. The van der Waals surface area contributed by atoms with Crippen molar-refractivity contribution in [3.63, 3.8) is 0 Å². The molecule has 0 aliphatic heterocycles. The summed E-state index contributed by atoms with van der Waals surface area (Å²) in [6.45, 7) is 5.81. The van der Waals surface area contributed by atoms with E-state index >= 15 is 0 Å². The van der Waals surface area contributed by atoms with Crippen LogP contribution >= 0.6 is 0 Å². The average Bonchev–Trinajstić information content (AvgIpc) is 2.55. The van der Waals surface area contributed by atoms with E-state index in [-0.39, 0.29) is 11.3 Å². The SMILES string of the molecule is COc1ccc(/C=C(\C#N)C(=O)Nc2c(C)cc(C)cc2C)cc1O. The molecule has 5 nitrogen and oxygen atoms in total. The average molecular weight is 336 g/mol. The second-order valence-corrected chi connectivity index (χ2v) is 5.83. The first-order valence-electron chi connectivity index (χ1n) is 7.73. The Morgan fingerprint density at radius 1 is 1.20 bits per heavy atom. The molecule has 2 aromatic rings. The molecule has 0 bridgehead atoms. The number of anilines is 1. The lowest BCUT2D eigenvalue weighted by Gasteiger charge is -2.12. The van der Waals surface area contributed by atoms with Crippen molar-refractivity contribution in [1.82, 2.24) is 0 Å². The van der Waals surface area contributed by atoms with Gasteiger partial charge in [-0.3, -0.25) is 4.79 Å². The number of methoxy groups -OCH3 is 1. The highest BCUT2D eigenvalue weighted by atomic mass is 16.5. The predicted octanol–water partition coefficient (Wildman–Crippen LogP) is 3.87. The number of nitrogens with zero attached hydrogens (tertiary/aromatic N) is 1. The van der Waals surface area contributed by atoms with Gasteiger partial charge in [-0.15, -0.1) is 0 Å². The quantitative estimate of drug-likeness (QED) is 0.656. The molecule has 0 aliphatic rings. The van der Waals surface area contributed by atoms with Gasteiger partial charge < -0.3 is 15.2 Å². The van der Waals surface area contributed by atoms with E-state index in [1.807, 2.05) is 39.0 Å². The molecule has 0 saturated carbocycles. The molecule has 0 aliphatic carbocycles. The fourth-order valence-corrected chi connectivity index (χ4v) is 2.67. The second-order valence-electron chi connectivity index (χ2n) is 5.83. The summed E-state index contributed by atoms with van der Waals surface area (Å²) in [5, 5.41) is 21.9. The Bertz CT molecular complexity index is 869. The van der Waals surface area contributed by atoms with Gasteiger partial charge in [-0.05, 0) is 55.7 Å². The van der Waals surface area contributed by atoms with Gasteiger partial charge in [-0.1, -0.05) is 23.8 Å². The number of aromatic hydroxyl groups is 1. The third-order valence-electron chi connectivity index (χ3n) is 3.79. The minimum absolute atomic E-state index is 0.0519. The zero-order chi connectivity index (χ0) is 18.6. The maximum Gasteiger partial charge on any atom is 0.266 e. The highest BCUT2D eigenvalue weighted by molar-refractivity contribution is 6.10. The second kappa shape index (κ2) is 7.54. The molecule has 0 saturated heterocycles. The molecule has 128 valence electrons. The molecule has 0 aromatic heterocycles.